The van der Waals surface area contributed by atoms with Gasteiger partial charge >= 0.3 is 0 Å². The van der Waals surface area contributed by atoms with Crippen LogP contribution in [0.2, 0.25) is 0 Å². The highest BCUT2D eigenvalue weighted by Crippen LogP contribution is 2.25. The number of hydrogen-bond acceptors (Lipinski definition) is 4. The van der Waals surface area contributed by atoms with Crippen molar-refractivity contribution in [2.45, 2.75) is 54.1 Å². The molecular formula is C19H26N2O2. The van der Waals surface area contributed by atoms with Crippen LogP contribution in [0, 0.1) is 19.3 Å². The Morgan fingerprint density at radius 2 is 1.52 bits per heavy atom. The molecule has 1 atom stereocenters. The van der Waals surface area contributed by atoms with Crippen molar-refractivity contribution in [3.05, 3.63) is 55.3 Å². The van der Waals surface area contributed by atoms with Gasteiger partial charge in [-0.1, -0.05) is 39.0 Å². The molecule has 0 aliphatic carbocycles. The van der Waals surface area contributed by atoms with Crippen LogP contribution in [-0.2, 0) is 6.54 Å². The molecule has 0 aromatic heterocycles. The molecule has 0 fully saturated rings. The summed E-state index contributed by atoms with van der Waals surface area (Å²) in [4.78, 5) is 23.8. The van der Waals surface area contributed by atoms with E-state index in [0.29, 0.717) is 17.9 Å². The molecule has 0 saturated heterocycles. The number of nitrogens with one attached hydrogen (secondary N) is 2. The summed E-state index contributed by atoms with van der Waals surface area (Å²) >= 11 is 0. The Bertz CT molecular complexity index is 757. The first kappa shape index (κ1) is 17.3. The molecule has 124 valence electrons. The number of rotatable bonds is 5. The summed E-state index contributed by atoms with van der Waals surface area (Å²) in [6.45, 7) is 13.0. The van der Waals surface area contributed by atoms with E-state index in [-0.39, 0.29) is 11.5 Å². The molecule has 0 saturated carbocycles. The maximum atomic E-state index is 11.9. The lowest BCUT2D eigenvalue weighted by Crippen LogP contribution is -2.42. The standard InChI is InChI=1S/C19H26N2O2/c1-11-8-7-9-12(2)14(11)10-20-15-16(18(23)17(15)22)21-13(3)19(4,5)6/h7-9,13,20-21H,10H2,1-6H3. The summed E-state index contributed by atoms with van der Waals surface area (Å²) in [7, 11) is 0. The molecule has 0 spiro atoms. The zero-order valence-electron chi connectivity index (χ0n) is 14.8. The van der Waals surface area contributed by atoms with Gasteiger partial charge in [0.25, 0.3) is 10.9 Å². The van der Waals surface area contributed by atoms with Gasteiger partial charge in [0.05, 0.1) is 0 Å². The number of aryl methyl sites for hydroxylation is 2. The van der Waals surface area contributed by atoms with Crippen molar-refractivity contribution in [3.8, 4) is 0 Å². The summed E-state index contributed by atoms with van der Waals surface area (Å²) in [5, 5.41) is 6.35. The van der Waals surface area contributed by atoms with Crippen LogP contribution < -0.4 is 21.5 Å². The van der Waals surface area contributed by atoms with Gasteiger partial charge in [-0.25, -0.2) is 0 Å². The summed E-state index contributed by atoms with van der Waals surface area (Å²) in [6.07, 6.45) is 0. The number of anilines is 2. The highest BCUT2D eigenvalue weighted by Gasteiger charge is 2.26. The monoisotopic (exact) mass is 314 g/mol. The number of benzene rings is 1. The van der Waals surface area contributed by atoms with E-state index in [1.54, 1.807) is 0 Å². The smallest absolute Gasteiger partial charge is 0.253 e. The van der Waals surface area contributed by atoms with E-state index < -0.39 is 10.9 Å². The fourth-order valence-electron chi connectivity index (χ4n) is 2.44. The molecule has 2 aromatic rings. The Morgan fingerprint density at radius 3 is 2.04 bits per heavy atom. The Kier molecular flexibility index (Phi) is 4.64. The first-order valence-electron chi connectivity index (χ1n) is 8.01. The van der Waals surface area contributed by atoms with Crippen LogP contribution in [0.15, 0.2) is 27.8 Å². The van der Waals surface area contributed by atoms with Gasteiger partial charge in [0.15, 0.2) is 0 Å². The van der Waals surface area contributed by atoms with Gasteiger partial charge in [-0.05, 0) is 42.9 Å². The van der Waals surface area contributed by atoms with Crippen LogP contribution in [0.1, 0.15) is 44.4 Å². The van der Waals surface area contributed by atoms with Crippen LogP contribution in [0.4, 0.5) is 11.4 Å². The van der Waals surface area contributed by atoms with E-state index >= 15 is 0 Å². The predicted molar refractivity (Wildman–Crippen MR) is 97.1 cm³/mol. The molecular weight excluding hydrogens is 288 g/mol. The number of hydrogen-bond donors (Lipinski definition) is 2. The largest absolute Gasteiger partial charge is 0.377 e. The molecule has 0 amide bonds. The van der Waals surface area contributed by atoms with Crippen LogP contribution in [0.3, 0.4) is 0 Å². The Morgan fingerprint density at radius 1 is 1.00 bits per heavy atom. The molecule has 2 N–H and O–H groups in total. The zero-order chi connectivity index (χ0) is 17.4. The minimum Gasteiger partial charge on any atom is -0.377 e. The van der Waals surface area contributed by atoms with E-state index in [1.807, 2.05) is 39.0 Å². The van der Waals surface area contributed by atoms with Gasteiger partial charge in [0, 0.05) is 12.6 Å². The quantitative estimate of drug-likeness (QED) is 0.831. The third-order valence-corrected chi connectivity index (χ3v) is 4.66. The molecule has 23 heavy (non-hydrogen) atoms. The second-order valence-electron chi connectivity index (χ2n) is 7.36. The van der Waals surface area contributed by atoms with Crippen LogP contribution in [-0.4, -0.2) is 6.04 Å². The lowest BCUT2D eigenvalue weighted by atomic mass is 9.87. The van der Waals surface area contributed by atoms with Crippen molar-refractivity contribution in [2.24, 2.45) is 5.41 Å². The van der Waals surface area contributed by atoms with E-state index in [0.717, 1.165) is 5.56 Å². The normalized spacial score (nSPS) is 13.1. The average molecular weight is 314 g/mol. The predicted octanol–water partition coefficient (Wildman–Crippen LogP) is 3.36. The van der Waals surface area contributed by atoms with Crippen molar-refractivity contribution >= 4 is 11.4 Å². The molecule has 2 aromatic carbocycles. The van der Waals surface area contributed by atoms with Gasteiger partial charge < -0.3 is 10.6 Å². The van der Waals surface area contributed by atoms with Crippen molar-refractivity contribution < 1.29 is 0 Å². The van der Waals surface area contributed by atoms with Crippen molar-refractivity contribution in [1.29, 1.82) is 0 Å². The third kappa shape index (κ3) is 3.46. The molecule has 4 nitrogen and oxygen atoms in total. The van der Waals surface area contributed by atoms with E-state index in [9.17, 15) is 9.59 Å². The van der Waals surface area contributed by atoms with Gasteiger partial charge in [-0.3, -0.25) is 9.59 Å². The van der Waals surface area contributed by atoms with Crippen molar-refractivity contribution in [1.82, 2.24) is 0 Å². The van der Waals surface area contributed by atoms with E-state index in [2.05, 4.69) is 31.4 Å². The van der Waals surface area contributed by atoms with Gasteiger partial charge in [0.2, 0.25) is 0 Å². The lowest BCUT2D eigenvalue weighted by molar-refractivity contribution is 0.359. The fourth-order valence-corrected chi connectivity index (χ4v) is 2.44. The third-order valence-electron chi connectivity index (χ3n) is 4.66. The maximum absolute atomic E-state index is 11.9. The van der Waals surface area contributed by atoms with Crippen LogP contribution in [0.5, 0.6) is 0 Å². The highest BCUT2D eigenvalue weighted by molar-refractivity contribution is 5.74. The molecule has 0 radical (unpaired) electrons. The zero-order valence-corrected chi connectivity index (χ0v) is 14.8. The molecule has 1 unspecified atom stereocenters. The lowest BCUT2D eigenvalue weighted by Gasteiger charge is -2.30. The summed E-state index contributed by atoms with van der Waals surface area (Å²) in [5.74, 6) is 0. The molecule has 0 bridgehead atoms. The average Bonchev–Trinajstić information content (AvgIpc) is 2.47. The topological polar surface area (TPSA) is 58.2 Å². The minimum absolute atomic E-state index is 0.00361. The van der Waals surface area contributed by atoms with Crippen molar-refractivity contribution in [2.75, 3.05) is 10.6 Å². The van der Waals surface area contributed by atoms with Crippen LogP contribution in [0.25, 0.3) is 0 Å². The first-order chi connectivity index (χ1) is 10.6. The highest BCUT2D eigenvalue weighted by atomic mass is 16.2. The fraction of sp³-hybridized carbons (Fsp3) is 0.474. The second-order valence-corrected chi connectivity index (χ2v) is 7.36. The summed E-state index contributed by atoms with van der Waals surface area (Å²) < 4.78 is 0. The molecule has 2 rings (SSSR count). The second kappa shape index (κ2) is 6.19. The molecule has 0 aliphatic heterocycles. The summed E-state index contributed by atoms with van der Waals surface area (Å²) in [5.41, 5.74) is 3.49. The Hall–Kier alpha value is -2.10. The van der Waals surface area contributed by atoms with Gasteiger partial charge in [-0.15, -0.1) is 0 Å². The van der Waals surface area contributed by atoms with Crippen molar-refractivity contribution in [3.63, 3.8) is 0 Å². The Labute approximate surface area is 137 Å². The minimum atomic E-state index is -0.431. The molecule has 4 heteroatoms. The van der Waals surface area contributed by atoms with E-state index in [4.69, 9.17) is 0 Å². The van der Waals surface area contributed by atoms with Gasteiger partial charge in [-0.2, -0.15) is 0 Å². The summed E-state index contributed by atoms with van der Waals surface area (Å²) in [6, 6.07) is 6.20. The van der Waals surface area contributed by atoms with Gasteiger partial charge in [0.1, 0.15) is 11.4 Å². The first-order valence-corrected chi connectivity index (χ1v) is 8.01. The molecule has 0 heterocycles. The Balaban J connectivity index is 2.18. The SMILES string of the molecule is Cc1cccc(C)c1CNc1c(NC(C)C(C)(C)C)c(=O)c1=O. The van der Waals surface area contributed by atoms with E-state index in [1.165, 1.54) is 11.1 Å². The molecule has 0 aliphatic rings. The maximum Gasteiger partial charge on any atom is 0.253 e. The van der Waals surface area contributed by atoms with Crippen LogP contribution >= 0.6 is 0 Å².